The van der Waals surface area contributed by atoms with E-state index in [4.69, 9.17) is 0 Å². The van der Waals surface area contributed by atoms with E-state index in [1.807, 2.05) is 51.0 Å². The molecule has 0 atom stereocenters. The van der Waals surface area contributed by atoms with Gasteiger partial charge in [-0.2, -0.15) is 4.99 Å². The van der Waals surface area contributed by atoms with Gasteiger partial charge < -0.3 is 15.0 Å². The zero-order valence-electron chi connectivity index (χ0n) is 24.5. The number of carbonyl (C=O) groups excluding carboxylic acids is 2. The Morgan fingerprint density at radius 2 is 1.89 bits per heavy atom. The zero-order valence-corrected chi connectivity index (χ0v) is 25.3. The van der Waals surface area contributed by atoms with Gasteiger partial charge in [-0.25, -0.2) is 18.9 Å². The number of hydrogen-bond acceptors (Lipinski definition) is 7. The van der Waals surface area contributed by atoms with Gasteiger partial charge in [0.2, 0.25) is 5.91 Å². The molecule has 1 aliphatic heterocycles. The molecule has 0 radical (unpaired) electrons. The summed E-state index contributed by atoms with van der Waals surface area (Å²) in [7, 11) is 3.77. The lowest BCUT2D eigenvalue weighted by Crippen LogP contribution is -2.31. The predicted octanol–water partition coefficient (Wildman–Crippen LogP) is 6.83. The topological polar surface area (TPSA) is 105 Å². The second-order valence-corrected chi connectivity index (χ2v) is 11.3. The lowest BCUT2D eigenvalue weighted by Gasteiger charge is -2.24. The first-order valence-corrected chi connectivity index (χ1v) is 14.5. The molecule has 0 bridgehead atoms. The molecule has 1 N–H and O–H groups in total. The van der Waals surface area contributed by atoms with E-state index in [1.54, 1.807) is 0 Å². The number of alkyl halides is 3. The first kappa shape index (κ1) is 31.5. The van der Waals surface area contributed by atoms with Gasteiger partial charge in [0.25, 0.3) is 0 Å². The minimum atomic E-state index is -4.85. The molecule has 0 saturated carbocycles. The number of rotatable bonds is 7. The Bertz CT molecular complexity index is 1790. The Labute approximate surface area is 259 Å². The molecule has 45 heavy (non-hydrogen) atoms. The van der Waals surface area contributed by atoms with Gasteiger partial charge in [0, 0.05) is 31.4 Å². The van der Waals surface area contributed by atoms with E-state index >= 15 is 4.39 Å². The summed E-state index contributed by atoms with van der Waals surface area (Å²) < 4.78 is 58.0. The maximum Gasteiger partial charge on any atom is 0.573 e. The van der Waals surface area contributed by atoms with E-state index in [2.05, 4.69) is 25.1 Å². The van der Waals surface area contributed by atoms with Gasteiger partial charge >= 0.3 is 12.4 Å². The molecule has 234 valence electrons. The molecule has 1 aromatic heterocycles. The Morgan fingerprint density at radius 3 is 2.58 bits per heavy atom. The summed E-state index contributed by atoms with van der Waals surface area (Å²) in [5.74, 6) is -1.19. The summed E-state index contributed by atoms with van der Waals surface area (Å²) in [6.45, 7) is 4.01. The number of amidine groups is 1. The number of anilines is 3. The van der Waals surface area contributed by atoms with Crippen LogP contribution in [0.2, 0.25) is 0 Å². The van der Waals surface area contributed by atoms with Crippen LogP contribution in [0.4, 0.5) is 39.4 Å². The summed E-state index contributed by atoms with van der Waals surface area (Å²) >= 11 is 1.11. The van der Waals surface area contributed by atoms with Crippen molar-refractivity contribution in [3.63, 3.8) is 0 Å². The van der Waals surface area contributed by atoms with Gasteiger partial charge in [-0.15, -0.1) is 18.3 Å². The van der Waals surface area contributed by atoms with Crippen LogP contribution in [0.5, 0.6) is 5.75 Å². The van der Waals surface area contributed by atoms with Crippen LogP contribution < -0.4 is 19.9 Å². The second kappa shape index (κ2) is 12.6. The predicted molar refractivity (Wildman–Crippen MR) is 165 cm³/mol. The van der Waals surface area contributed by atoms with Gasteiger partial charge in [0.05, 0.1) is 22.8 Å². The first-order valence-electron chi connectivity index (χ1n) is 13.5. The Morgan fingerprint density at radius 1 is 1.11 bits per heavy atom. The van der Waals surface area contributed by atoms with Gasteiger partial charge in [0.15, 0.2) is 11.0 Å². The van der Waals surface area contributed by atoms with Crippen molar-refractivity contribution in [2.45, 2.75) is 26.1 Å². The van der Waals surface area contributed by atoms with Crippen LogP contribution in [-0.2, 0) is 4.79 Å². The molecule has 0 spiro atoms. The van der Waals surface area contributed by atoms with Gasteiger partial charge in [-0.3, -0.25) is 9.69 Å². The summed E-state index contributed by atoms with van der Waals surface area (Å²) in [5, 5.41) is 6.80. The summed E-state index contributed by atoms with van der Waals surface area (Å²) in [6, 6.07) is 13.9. The largest absolute Gasteiger partial charge is 0.573 e. The third-order valence-corrected chi connectivity index (χ3v) is 7.56. The van der Waals surface area contributed by atoms with Crippen molar-refractivity contribution >= 4 is 45.9 Å². The molecule has 0 aliphatic carbocycles. The van der Waals surface area contributed by atoms with Crippen LogP contribution in [0.25, 0.3) is 17.1 Å². The third-order valence-electron chi connectivity index (χ3n) is 6.63. The molecule has 1 fully saturated rings. The Kier molecular flexibility index (Phi) is 8.82. The van der Waals surface area contributed by atoms with Crippen molar-refractivity contribution in [1.29, 1.82) is 0 Å². The zero-order chi connectivity index (χ0) is 32.5. The number of carbonyl (C=O) groups is 2. The normalized spacial score (nSPS) is 14.4. The highest BCUT2D eigenvalue weighted by Gasteiger charge is 2.33. The Balaban J connectivity index is 1.34. The van der Waals surface area contributed by atoms with Crippen molar-refractivity contribution in [3.8, 4) is 22.8 Å². The number of ether oxygens (including phenoxy) is 1. The number of nitrogens with zero attached hydrogens (tertiary/aromatic N) is 6. The molecule has 10 nitrogen and oxygen atoms in total. The van der Waals surface area contributed by atoms with Gasteiger partial charge in [0.1, 0.15) is 17.9 Å². The van der Waals surface area contributed by atoms with Gasteiger partial charge in [-0.1, -0.05) is 37.7 Å². The molecule has 4 aromatic rings. The van der Waals surface area contributed by atoms with Crippen molar-refractivity contribution in [2.75, 3.05) is 35.0 Å². The van der Waals surface area contributed by atoms with E-state index < -0.39 is 24.0 Å². The van der Waals surface area contributed by atoms with Crippen LogP contribution in [0.15, 0.2) is 72.0 Å². The van der Waals surface area contributed by atoms with Crippen molar-refractivity contribution in [2.24, 2.45) is 4.99 Å². The average Bonchev–Trinajstić information content (AvgIpc) is 3.60. The van der Waals surface area contributed by atoms with Crippen molar-refractivity contribution in [3.05, 3.63) is 78.4 Å². The minimum absolute atomic E-state index is 0.0894. The standard InChI is InChI=1S/C30H27F4N7O3S/c1-17(2)22-10-9-19(39(3)4)14-25(22)41-26(42)15-45-29(41)37-28(43)36-24-11-8-18(12-23(24)31)27-35-16-40(38-27)20-6-5-7-21(13-20)44-30(32,33)34/h5-14,16-17H,15H2,1-4H3,(H,36,43)/b37-29-. The Hall–Kier alpha value is -4.92. The molecular weight excluding hydrogens is 614 g/mol. The molecule has 1 saturated heterocycles. The monoisotopic (exact) mass is 641 g/mol. The number of hydrogen-bond donors (Lipinski definition) is 1. The molecular formula is C30H27F4N7O3S. The summed E-state index contributed by atoms with van der Waals surface area (Å²) in [5.41, 5.74) is 2.73. The van der Waals surface area contributed by atoms with Crippen LogP contribution in [-0.4, -0.2) is 58.1 Å². The number of halogens is 4. The number of aromatic nitrogens is 3. The fourth-order valence-electron chi connectivity index (χ4n) is 4.50. The van der Waals surface area contributed by atoms with Crippen molar-refractivity contribution < 1.29 is 31.9 Å². The highest BCUT2D eigenvalue weighted by Crippen LogP contribution is 2.36. The van der Waals surface area contributed by atoms with E-state index in [9.17, 15) is 22.8 Å². The molecule has 2 heterocycles. The molecule has 3 aromatic carbocycles. The fourth-order valence-corrected chi connectivity index (χ4v) is 5.36. The van der Waals surface area contributed by atoms with E-state index in [-0.39, 0.29) is 45.5 Å². The highest BCUT2D eigenvalue weighted by molar-refractivity contribution is 8.15. The fraction of sp³-hybridized carbons (Fsp3) is 0.233. The number of aliphatic imine (C=N–C) groups is 1. The minimum Gasteiger partial charge on any atom is -0.406 e. The number of amides is 3. The second-order valence-electron chi connectivity index (χ2n) is 10.4. The average molecular weight is 642 g/mol. The molecule has 0 unspecified atom stereocenters. The molecule has 5 rings (SSSR count). The maximum absolute atomic E-state index is 15.1. The first-order chi connectivity index (χ1) is 21.3. The van der Waals surface area contributed by atoms with E-state index in [0.29, 0.717) is 5.69 Å². The van der Waals surface area contributed by atoms with Crippen molar-refractivity contribution in [1.82, 2.24) is 14.8 Å². The smallest absolute Gasteiger partial charge is 0.406 e. The highest BCUT2D eigenvalue weighted by atomic mass is 32.2. The van der Waals surface area contributed by atoms with Crippen LogP contribution in [0.1, 0.15) is 25.3 Å². The summed E-state index contributed by atoms with van der Waals surface area (Å²) in [4.78, 5) is 37.3. The SMILES string of the molecule is CC(C)c1ccc(N(C)C)cc1N1C(=O)CS/C1=N\C(=O)Nc1ccc(-c2ncn(-c3cccc(OC(F)(F)F)c3)n2)cc1F. The molecule has 3 amide bonds. The van der Waals surface area contributed by atoms with E-state index in [1.165, 1.54) is 40.2 Å². The summed E-state index contributed by atoms with van der Waals surface area (Å²) in [6.07, 6.45) is -3.59. The number of urea groups is 1. The van der Waals surface area contributed by atoms with Crippen LogP contribution in [0.3, 0.4) is 0 Å². The number of benzene rings is 3. The lowest BCUT2D eigenvalue weighted by atomic mass is 9.99. The third kappa shape index (κ3) is 7.25. The molecule has 1 aliphatic rings. The van der Waals surface area contributed by atoms with E-state index in [0.717, 1.165) is 41.2 Å². The van der Waals surface area contributed by atoms with Crippen LogP contribution in [0, 0.1) is 5.82 Å². The number of thioether (sulfide) groups is 1. The quantitative estimate of drug-likeness (QED) is 0.221. The van der Waals surface area contributed by atoms with Crippen LogP contribution >= 0.6 is 11.8 Å². The molecule has 15 heteroatoms. The lowest BCUT2D eigenvalue weighted by molar-refractivity contribution is -0.274. The van der Waals surface area contributed by atoms with Gasteiger partial charge in [-0.05, 0) is 53.9 Å². The number of nitrogens with one attached hydrogen (secondary N) is 1. The maximum atomic E-state index is 15.1.